The molecule has 0 aliphatic heterocycles. The highest BCUT2D eigenvalue weighted by molar-refractivity contribution is 5.95. The monoisotopic (exact) mass is 431 g/mol. The summed E-state index contributed by atoms with van der Waals surface area (Å²) in [5.41, 5.74) is 1.04. The highest BCUT2D eigenvalue weighted by Crippen LogP contribution is 2.33. The summed E-state index contributed by atoms with van der Waals surface area (Å²) in [4.78, 5) is 12.8. The predicted octanol–water partition coefficient (Wildman–Crippen LogP) is 5.75. The molecule has 2 aromatic carbocycles. The van der Waals surface area contributed by atoms with Gasteiger partial charge < -0.3 is 15.2 Å². The minimum Gasteiger partial charge on any atom is -0.381 e. The van der Waals surface area contributed by atoms with Gasteiger partial charge >= 0.3 is 6.18 Å². The van der Waals surface area contributed by atoms with Crippen molar-refractivity contribution in [3.8, 4) is 11.3 Å². The number of alkyl halides is 3. The first-order valence-electron chi connectivity index (χ1n) is 9.92. The molecular weight excluding hydrogens is 407 g/mol. The summed E-state index contributed by atoms with van der Waals surface area (Å²) < 4.78 is 44.1. The number of nitrogens with one attached hydrogen (secondary N) is 2. The largest absolute Gasteiger partial charge is 0.416 e. The van der Waals surface area contributed by atoms with Gasteiger partial charge in [-0.3, -0.25) is 4.79 Å². The molecule has 0 radical (unpaired) electrons. The second-order valence-corrected chi connectivity index (χ2v) is 7.64. The zero-order chi connectivity index (χ0) is 22.6. The fourth-order valence-corrected chi connectivity index (χ4v) is 2.88. The molecule has 0 aliphatic rings. The van der Waals surface area contributed by atoms with Gasteiger partial charge in [0.05, 0.1) is 11.1 Å². The smallest absolute Gasteiger partial charge is 0.381 e. The number of hydrogen-bond acceptors (Lipinski definition) is 4. The van der Waals surface area contributed by atoms with Crippen molar-refractivity contribution in [1.82, 2.24) is 10.5 Å². The summed E-state index contributed by atoms with van der Waals surface area (Å²) >= 11 is 0. The lowest BCUT2D eigenvalue weighted by atomic mass is 10.0. The molecular formula is C23H24F3N3O2. The quantitative estimate of drug-likeness (QED) is 0.500. The van der Waals surface area contributed by atoms with E-state index in [0.717, 1.165) is 17.8 Å². The van der Waals surface area contributed by atoms with Crippen LogP contribution in [0.4, 0.5) is 18.9 Å². The molecule has 0 saturated heterocycles. The number of anilines is 1. The van der Waals surface area contributed by atoms with Gasteiger partial charge in [-0.2, -0.15) is 13.2 Å². The second-order valence-electron chi connectivity index (χ2n) is 7.64. The maximum absolute atomic E-state index is 12.9. The first-order valence-corrected chi connectivity index (χ1v) is 9.92. The summed E-state index contributed by atoms with van der Waals surface area (Å²) in [5, 5.41) is 10.0. The molecule has 3 rings (SSSR count). The van der Waals surface area contributed by atoms with E-state index in [0.29, 0.717) is 11.1 Å². The molecule has 1 atom stereocenters. The molecule has 1 aromatic heterocycles. The number of benzene rings is 2. The maximum Gasteiger partial charge on any atom is 0.416 e. The Labute approximate surface area is 178 Å². The van der Waals surface area contributed by atoms with E-state index >= 15 is 0 Å². The molecule has 2 N–H and O–H groups in total. The van der Waals surface area contributed by atoms with Crippen molar-refractivity contribution in [3.63, 3.8) is 0 Å². The Morgan fingerprint density at radius 1 is 1.03 bits per heavy atom. The van der Waals surface area contributed by atoms with Crippen LogP contribution in [0.5, 0.6) is 0 Å². The summed E-state index contributed by atoms with van der Waals surface area (Å²) in [6, 6.07) is 13.8. The molecule has 0 bridgehead atoms. The zero-order valence-corrected chi connectivity index (χ0v) is 17.5. The standard InChI is InChI=1S/C23H24F3N3O2/c1-14(2)15(3)28-22(30)20-19(13-27-18-7-5-4-6-8-18)21(31-29-20)16-9-11-17(12-10-16)23(24,25)26/h4-12,14-15,27H,13H2,1-3H3,(H,28,30)/t15-/m0/s1. The van der Waals surface area contributed by atoms with Gasteiger partial charge in [-0.05, 0) is 37.1 Å². The van der Waals surface area contributed by atoms with Crippen LogP contribution in [0.25, 0.3) is 11.3 Å². The van der Waals surface area contributed by atoms with Crippen LogP contribution >= 0.6 is 0 Å². The van der Waals surface area contributed by atoms with Gasteiger partial charge in [0.25, 0.3) is 5.91 Å². The van der Waals surface area contributed by atoms with Crippen molar-refractivity contribution in [2.45, 2.75) is 39.5 Å². The molecule has 5 nitrogen and oxygen atoms in total. The van der Waals surface area contributed by atoms with Crippen molar-refractivity contribution in [2.75, 3.05) is 5.32 Å². The van der Waals surface area contributed by atoms with Gasteiger partial charge in [0, 0.05) is 23.8 Å². The average Bonchev–Trinajstić information content (AvgIpc) is 3.16. The molecule has 1 heterocycles. The average molecular weight is 431 g/mol. The molecule has 164 valence electrons. The Morgan fingerprint density at radius 2 is 1.68 bits per heavy atom. The van der Waals surface area contributed by atoms with Crippen LogP contribution in [0.2, 0.25) is 0 Å². The lowest BCUT2D eigenvalue weighted by Gasteiger charge is -2.17. The summed E-state index contributed by atoms with van der Waals surface area (Å²) in [7, 11) is 0. The van der Waals surface area contributed by atoms with Crippen molar-refractivity contribution >= 4 is 11.6 Å². The molecule has 0 spiro atoms. The number of halogens is 3. The van der Waals surface area contributed by atoms with Crippen LogP contribution in [0.3, 0.4) is 0 Å². The van der Waals surface area contributed by atoms with Gasteiger partial charge in [0.2, 0.25) is 0 Å². The normalized spacial score (nSPS) is 12.6. The van der Waals surface area contributed by atoms with Crippen LogP contribution in [-0.2, 0) is 12.7 Å². The number of aromatic nitrogens is 1. The Hall–Kier alpha value is -3.29. The van der Waals surface area contributed by atoms with Gasteiger partial charge in [0.15, 0.2) is 11.5 Å². The summed E-state index contributed by atoms with van der Waals surface area (Å²) in [5.74, 6) is 0.0728. The minimum atomic E-state index is -4.43. The second kappa shape index (κ2) is 9.24. The van der Waals surface area contributed by atoms with Crippen LogP contribution in [0.1, 0.15) is 42.4 Å². The predicted molar refractivity (Wildman–Crippen MR) is 112 cm³/mol. The van der Waals surface area contributed by atoms with Gasteiger partial charge in [-0.1, -0.05) is 49.3 Å². The highest BCUT2D eigenvalue weighted by atomic mass is 19.4. The number of nitrogens with zero attached hydrogens (tertiary/aromatic N) is 1. The van der Waals surface area contributed by atoms with Crippen molar-refractivity contribution in [3.05, 3.63) is 71.4 Å². The molecule has 0 aliphatic carbocycles. The van der Waals surface area contributed by atoms with Crippen molar-refractivity contribution in [2.24, 2.45) is 5.92 Å². The van der Waals surface area contributed by atoms with E-state index in [1.54, 1.807) is 0 Å². The number of amides is 1. The Bertz CT molecular complexity index is 1010. The Balaban J connectivity index is 1.94. The number of para-hydroxylation sites is 1. The topological polar surface area (TPSA) is 67.2 Å². The number of rotatable bonds is 7. The van der Waals surface area contributed by atoms with E-state index in [1.807, 2.05) is 51.1 Å². The molecule has 3 aromatic rings. The van der Waals surface area contributed by atoms with E-state index in [1.165, 1.54) is 12.1 Å². The SMILES string of the molecule is CC(C)[C@H](C)NC(=O)c1noc(-c2ccc(C(F)(F)F)cc2)c1CNc1ccccc1. The number of carbonyl (C=O) groups is 1. The van der Waals surface area contributed by atoms with Crippen molar-refractivity contribution in [1.29, 1.82) is 0 Å². The van der Waals surface area contributed by atoms with E-state index in [9.17, 15) is 18.0 Å². The lowest BCUT2D eigenvalue weighted by Crippen LogP contribution is -2.36. The summed E-state index contributed by atoms with van der Waals surface area (Å²) in [6.45, 7) is 6.07. The molecule has 8 heteroatoms. The third-order valence-corrected chi connectivity index (χ3v) is 5.08. The zero-order valence-electron chi connectivity index (χ0n) is 17.5. The van der Waals surface area contributed by atoms with Crippen LogP contribution in [0.15, 0.2) is 59.1 Å². The third kappa shape index (κ3) is 5.45. The van der Waals surface area contributed by atoms with Gasteiger partial charge in [-0.25, -0.2) is 0 Å². The van der Waals surface area contributed by atoms with Gasteiger partial charge in [-0.15, -0.1) is 0 Å². The molecule has 0 fully saturated rings. The van der Waals surface area contributed by atoms with Crippen LogP contribution in [-0.4, -0.2) is 17.1 Å². The van der Waals surface area contributed by atoms with Crippen molar-refractivity contribution < 1.29 is 22.5 Å². The van der Waals surface area contributed by atoms with Crippen LogP contribution in [0, 0.1) is 5.92 Å². The van der Waals surface area contributed by atoms with E-state index < -0.39 is 17.6 Å². The third-order valence-electron chi connectivity index (χ3n) is 5.08. The number of hydrogen-bond donors (Lipinski definition) is 2. The van der Waals surface area contributed by atoms with E-state index in [4.69, 9.17) is 4.52 Å². The molecule has 0 unspecified atom stereocenters. The van der Waals surface area contributed by atoms with E-state index in [-0.39, 0.29) is 30.0 Å². The molecule has 0 saturated carbocycles. The fourth-order valence-electron chi connectivity index (χ4n) is 2.88. The molecule has 31 heavy (non-hydrogen) atoms. The summed E-state index contributed by atoms with van der Waals surface area (Å²) in [6.07, 6.45) is -4.43. The van der Waals surface area contributed by atoms with Crippen LogP contribution < -0.4 is 10.6 Å². The van der Waals surface area contributed by atoms with Gasteiger partial charge in [0.1, 0.15) is 0 Å². The maximum atomic E-state index is 12.9. The van der Waals surface area contributed by atoms with E-state index in [2.05, 4.69) is 15.8 Å². The lowest BCUT2D eigenvalue weighted by molar-refractivity contribution is -0.137. The number of carbonyl (C=O) groups excluding carboxylic acids is 1. The Kier molecular flexibility index (Phi) is 6.68. The minimum absolute atomic E-state index is 0.0892. The fraction of sp³-hybridized carbons (Fsp3) is 0.304. The highest BCUT2D eigenvalue weighted by Gasteiger charge is 2.31. The first-order chi connectivity index (χ1) is 14.7. The molecule has 1 amide bonds. The first kappa shape index (κ1) is 22.4. The Morgan fingerprint density at radius 3 is 2.26 bits per heavy atom.